The Morgan fingerprint density at radius 1 is 1.40 bits per heavy atom. The van der Waals surface area contributed by atoms with Crippen molar-refractivity contribution in [2.45, 2.75) is 12.3 Å². The zero-order chi connectivity index (χ0) is 14.9. The fourth-order valence-corrected chi connectivity index (χ4v) is 2.38. The quantitative estimate of drug-likeness (QED) is 0.877. The molecule has 0 aliphatic carbocycles. The third kappa shape index (κ3) is 2.56. The smallest absolute Gasteiger partial charge is 0.308 e. The van der Waals surface area contributed by atoms with Gasteiger partial charge in [0, 0.05) is 36.6 Å². The molecule has 1 fully saturated rings. The summed E-state index contributed by atoms with van der Waals surface area (Å²) in [6.45, 7) is -0.149. The molecule has 1 aliphatic rings. The van der Waals surface area contributed by atoms with Gasteiger partial charge in [0.1, 0.15) is 17.4 Å². The highest BCUT2D eigenvalue weighted by Crippen LogP contribution is 2.36. The number of methoxy groups -OCH3 is 1. The van der Waals surface area contributed by atoms with E-state index in [0.717, 1.165) is 12.1 Å². The van der Waals surface area contributed by atoms with Crippen molar-refractivity contribution >= 4 is 11.9 Å². The first-order chi connectivity index (χ1) is 9.43. The Bertz CT molecular complexity index is 538. The van der Waals surface area contributed by atoms with E-state index in [1.807, 2.05) is 0 Å². The number of amides is 1. The van der Waals surface area contributed by atoms with Crippen molar-refractivity contribution in [2.24, 2.45) is 5.92 Å². The first-order valence-corrected chi connectivity index (χ1v) is 5.96. The van der Waals surface area contributed by atoms with Crippen LogP contribution in [0.4, 0.5) is 8.78 Å². The van der Waals surface area contributed by atoms with Crippen molar-refractivity contribution in [3.8, 4) is 5.75 Å². The maximum absolute atomic E-state index is 14.0. The van der Waals surface area contributed by atoms with E-state index in [1.54, 1.807) is 0 Å². The Balaban J connectivity index is 2.46. The van der Waals surface area contributed by atoms with Crippen molar-refractivity contribution in [1.82, 2.24) is 5.32 Å². The number of carbonyl (C=O) groups is 2. The van der Waals surface area contributed by atoms with Crippen LogP contribution in [0.15, 0.2) is 12.1 Å². The Morgan fingerprint density at radius 2 is 2.00 bits per heavy atom. The summed E-state index contributed by atoms with van der Waals surface area (Å²) < 4.78 is 32.7. The zero-order valence-electron chi connectivity index (χ0n) is 10.7. The van der Waals surface area contributed by atoms with E-state index in [4.69, 9.17) is 9.84 Å². The molecule has 0 aromatic heterocycles. The average molecular weight is 285 g/mol. The molecule has 7 heteroatoms. The van der Waals surface area contributed by atoms with Crippen molar-refractivity contribution in [3.63, 3.8) is 0 Å². The normalized spacial score (nSPS) is 22.2. The molecule has 0 radical (unpaired) electrons. The Hall–Kier alpha value is -2.18. The van der Waals surface area contributed by atoms with Crippen LogP contribution in [-0.4, -0.2) is 30.6 Å². The number of nitrogens with one attached hydrogen (secondary N) is 1. The predicted octanol–water partition coefficient (Wildman–Crippen LogP) is 1.28. The van der Waals surface area contributed by atoms with Gasteiger partial charge in [-0.25, -0.2) is 8.78 Å². The number of ether oxygens (including phenoxy) is 1. The minimum Gasteiger partial charge on any atom is -0.497 e. The van der Waals surface area contributed by atoms with E-state index < -0.39 is 35.3 Å². The number of aliphatic carboxylic acids is 1. The van der Waals surface area contributed by atoms with Crippen molar-refractivity contribution in [3.05, 3.63) is 29.3 Å². The summed E-state index contributed by atoms with van der Waals surface area (Å²) in [5.74, 6) is -5.56. The van der Waals surface area contributed by atoms with E-state index >= 15 is 0 Å². The van der Waals surface area contributed by atoms with Gasteiger partial charge in [0.2, 0.25) is 5.91 Å². The highest BCUT2D eigenvalue weighted by atomic mass is 19.1. The van der Waals surface area contributed by atoms with Crippen LogP contribution in [0.5, 0.6) is 5.75 Å². The molecule has 1 aliphatic heterocycles. The summed E-state index contributed by atoms with van der Waals surface area (Å²) in [5, 5.41) is 11.5. The van der Waals surface area contributed by atoms with Gasteiger partial charge in [0.15, 0.2) is 0 Å². The number of benzene rings is 1. The van der Waals surface area contributed by atoms with Gasteiger partial charge in [-0.05, 0) is 0 Å². The second kappa shape index (κ2) is 5.44. The molecule has 1 saturated heterocycles. The summed E-state index contributed by atoms with van der Waals surface area (Å²) in [5.41, 5.74) is -0.381. The molecule has 2 rings (SSSR count). The van der Waals surface area contributed by atoms with Crippen molar-refractivity contribution < 1.29 is 28.2 Å². The van der Waals surface area contributed by atoms with Crippen LogP contribution in [0.2, 0.25) is 0 Å². The molecule has 1 heterocycles. The number of carboxylic acid groups (broad SMARTS) is 1. The summed E-state index contributed by atoms with van der Waals surface area (Å²) in [6, 6.07) is 1.95. The fourth-order valence-electron chi connectivity index (χ4n) is 2.38. The number of carbonyl (C=O) groups excluding carboxylic acids is 1. The third-order valence-corrected chi connectivity index (χ3v) is 3.39. The topological polar surface area (TPSA) is 75.6 Å². The second-order valence-corrected chi connectivity index (χ2v) is 4.56. The second-order valence-electron chi connectivity index (χ2n) is 4.56. The van der Waals surface area contributed by atoms with Gasteiger partial charge in [-0.3, -0.25) is 9.59 Å². The van der Waals surface area contributed by atoms with Crippen LogP contribution in [0, 0.1) is 17.6 Å². The van der Waals surface area contributed by atoms with Crippen LogP contribution in [-0.2, 0) is 9.59 Å². The monoisotopic (exact) mass is 285 g/mol. The number of carboxylic acids is 1. The zero-order valence-corrected chi connectivity index (χ0v) is 10.7. The molecular weight excluding hydrogens is 272 g/mol. The van der Waals surface area contributed by atoms with E-state index in [0.29, 0.717) is 0 Å². The van der Waals surface area contributed by atoms with Gasteiger partial charge in [0.25, 0.3) is 0 Å². The van der Waals surface area contributed by atoms with E-state index in [1.165, 1.54) is 7.11 Å². The van der Waals surface area contributed by atoms with E-state index in [-0.39, 0.29) is 24.3 Å². The number of hydrogen-bond acceptors (Lipinski definition) is 3. The molecule has 1 unspecified atom stereocenters. The van der Waals surface area contributed by atoms with Crippen LogP contribution in [0.3, 0.4) is 0 Å². The minimum absolute atomic E-state index is 0.00381. The molecule has 0 bridgehead atoms. The predicted molar refractivity (Wildman–Crippen MR) is 64.4 cm³/mol. The van der Waals surface area contributed by atoms with Crippen LogP contribution < -0.4 is 10.1 Å². The number of hydrogen-bond donors (Lipinski definition) is 2. The molecule has 1 aromatic rings. The first-order valence-electron chi connectivity index (χ1n) is 5.96. The van der Waals surface area contributed by atoms with Gasteiger partial charge in [-0.15, -0.1) is 0 Å². The summed E-state index contributed by atoms with van der Waals surface area (Å²) in [7, 11) is 1.27. The average Bonchev–Trinajstić information content (AvgIpc) is 2.37. The largest absolute Gasteiger partial charge is 0.497 e. The SMILES string of the molecule is COc1cc(F)c(C2CC(=O)NC[C@H]2C(=O)O)c(F)c1. The first kappa shape index (κ1) is 14.2. The van der Waals surface area contributed by atoms with Crippen LogP contribution in [0.25, 0.3) is 0 Å². The Labute approximate surface area is 113 Å². The molecule has 108 valence electrons. The maximum atomic E-state index is 14.0. The number of piperidine rings is 1. The van der Waals surface area contributed by atoms with Crippen LogP contribution >= 0.6 is 0 Å². The highest BCUT2D eigenvalue weighted by molar-refractivity contribution is 5.82. The van der Waals surface area contributed by atoms with Crippen molar-refractivity contribution in [1.29, 1.82) is 0 Å². The van der Waals surface area contributed by atoms with Gasteiger partial charge in [-0.2, -0.15) is 0 Å². The Kier molecular flexibility index (Phi) is 3.87. The molecule has 2 atom stereocenters. The molecular formula is C13H13F2NO4. The lowest BCUT2D eigenvalue weighted by atomic mass is 9.80. The lowest BCUT2D eigenvalue weighted by Gasteiger charge is -2.29. The molecule has 20 heavy (non-hydrogen) atoms. The molecule has 5 nitrogen and oxygen atoms in total. The molecule has 0 saturated carbocycles. The summed E-state index contributed by atoms with van der Waals surface area (Å²) in [6.07, 6.45) is -0.267. The van der Waals surface area contributed by atoms with Gasteiger partial charge in [0.05, 0.1) is 13.0 Å². The van der Waals surface area contributed by atoms with Crippen LogP contribution in [0.1, 0.15) is 17.9 Å². The summed E-state index contributed by atoms with van der Waals surface area (Å²) >= 11 is 0. The van der Waals surface area contributed by atoms with Crippen molar-refractivity contribution in [2.75, 3.05) is 13.7 Å². The standard InChI is InChI=1S/C13H13F2NO4/c1-20-6-2-9(14)12(10(15)3-6)7-4-11(17)16-5-8(7)13(18)19/h2-3,7-8H,4-5H2,1H3,(H,16,17)(H,18,19)/t7?,8-/m1/s1. The summed E-state index contributed by atoms with van der Waals surface area (Å²) in [4.78, 5) is 22.6. The molecule has 2 N–H and O–H groups in total. The third-order valence-electron chi connectivity index (χ3n) is 3.39. The number of halogens is 2. The minimum atomic E-state index is -1.20. The van der Waals surface area contributed by atoms with Gasteiger partial charge < -0.3 is 15.2 Å². The van der Waals surface area contributed by atoms with E-state index in [9.17, 15) is 18.4 Å². The molecule has 1 amide bonds. The lowest BCUT2D eigenvalue weighted by Crippen LogP contribution is -2.43. The van der Waals surface area contributed by atoms with Gasteiger partial charge in [-0.1, -0.05) is 0 Å². The maximum Gasteiger partial charge on any atom is 0.308 e. The fraction of sp³-hybridized carbons (Fsp3) is 0.385. The molecule has 0 spiro atoms. The van der Waals surface area contributed by atoms with Gasteiger partial charge >= 0.3 is 5.97 Å². The Morgan fingerprint density at radius 3 is 2.50 bits per heavy atom. The lowest BCUT2D eigenvalue weighted by molar-refractivity contribution is -0.144. The van der Waals surface area contributed by atoms with E-state index in [2.05, 4.69) is 5.32 Å². The highest BCUT2D eigenvalue weighted by Gasteiger charge is 2.38. The molecule has 1 aromatic carbocycles. The number of rotatable bonds is 3.